The number of thiocarbonyl (C=S) groups is 1. The molecule has 1 amide bonds. The van der Waals surface area contributed by atoms with Gasteiger partial charge in [0, 0.05) is 6.54 Å². The van der Waals surface area contributed by atoms with Crippen LogP contribution < -0.4 is 15.4 Å². The number of hydrogen-bond acceptors (Lipinski definition) is 3. The van der Waals surface area contributed by atoms with Crippen molar-refractivity contribution in [1.29, 1.82) is 0 Å². The van der Waals surface area contributed by atoms with E-state index in [0.717, 1.165) is 11.1 Å². The molecule has 5 heteroatoms. The Labute approximate surface area is 154 Å². The molecule has 0 fully saturated rings. The Kier molecular flexibility index (Phi) is 6.95. The molecule has 4 nitrogen and oxygen atoms in total. The number of nitrogens with one attached hydrogen (secondary N) is 2. The van der Waals surface area contributed by atoms with Crippen molar-refractivity contribution in [2.24, 2.45) is 0 Å². The minimum Gasteiger partial charge on any atom is -0.484 e. The smallest absolute Gasteiger partial charge is 0.264 e. The first kappa shape index (κ1) is 18.9. The lowest BCUT2D eigenvalue weighted by Crippen LogP contribution is -2.41. The lowest BCUT2D eigenvalue weighted by atomic mass is 9.98. The van der Waals surface area contributed by atoms with Crippen LogP contribution in [0.1, 0.15) is 36.5 Å². The van der Waals surface area contributed by atoms with E-state index in [1.54, 1.807) is 0 Å². The third-order valence-electron chi connectivity index (χ3n) is 3.78. The summed E-state index contributed by atoms with van der Waals surface area (Å²) in [4.78, 5) is 11.9. The molecule has 0 aliphatic heterocycles. The van der Waals surface area contributed by atoms with Crippen LogP contribution in [0.4, 0.5) is 0 Å². The molecule has 0 aromatic heterocycles. The van der Waals surface area contributed by atoms with Gasteiger partial charge in [0.15, 0.2) is 11.7 Å². The van der Waals surface area contributed by atoms with Crippen molar-refractivity contribution in [3.8, 4) is 5.75 Å². The first-order valence-corrected chi connectivity index (χ1v) is 8.71. The molecule has 2 aromatic carbocycles. The maximum Gasteiger partial charge on any atom is 0.264 e. The van der Waals surface area contributed by atoms with Crippen molar-refractivity contribution in [1.82, 2.24) is 10.6 Å². The Morgan fingerprint density at radius 3 is 2.52 bits per heavy atom. The van der Waals surface area contributed by atoms with E-state index in [4.69, 9.17) is 17.0 Å². The van der Waals surface area contributed by atoms with Gasteiger partial charge in [0.1, 0.15) is 5.75 Å². The summed E-state index contributed by atoms with van der Waals surface area (Å²) in [6, 6.07) is 15.7. The van der Waals surface area contributed by atoms with Gasteiger partial charge in [-0.25, -0.2) is 0 Å². The van der Waals surface area contributed by atoms with E-state index in [2.05, 4.69) is 24.5 Å². The van der Waals surface area contributed by atoms with Crippen LogP contribution >= 0.6 is 12.2 Å². The van der Waals surface area contributed by atoms with Crippen molar-refractivity contribution >= 4 is 23.2 Å². The second-order valence-corrected chi connectivity index (χ2v) is 6.59. The molecule has 0 heterocycles. The quantitative estimate of drug-likeness (QED) is 0.775. The summed E-state index contributed by atoms with van der Waals surface area (Å²) in [5.41, 5.74) is 3.53. The predicted molar refractivity (Wildman–Crippen MR) is 105 cm³/mol. The molecule has 2 N–H and O–H groups in total. The van der Waals surface area contributed by atoms with Crippen LogP contribution in [-0.4, -0.2) is 17.6 Å². The first-order chi connectivity index (χ1) is 12.0. The molecule has 0 saturated carbocycles. The van der Waals surface area contributed by atoms with E-state index < -0.39 is 0 Å². The zero-order valence-electron chi connectivity index (χ0n) is 14.8. The maximum absolute atomic E-state index is 11.9. The van der Waals surface area contributed by atoms with E-state index in [9.17, 15) is 4.79 Å². The van der Waals surface area contributed by atoms with E-state index in [-0.39, 0.29) is 12.5 Å². The number of ether oxygens (including phenoxy) is 1. The van der Waals surface area contributed by atoms with Crippen molar-refractivity contribution in [2.75, 3.05) is 6.61 Å². The average molecular weight is 356 g/mol. The van der Waals surface area contributed by atoms with Gasteiger partial charge in [-0.3, -0.25) is 4.79 Å². The molecule has 0 atom stereocenters. The average Bonchev–Trinajstić information content (AvgIpc) is 2.59. The second-order valence-electron chi connectivity index (χ2n) is 6.18. The molecule has 0 unspecified atom stereocenters. The molecule has 2 aromatic rings. The number of benzene rings is 2. The zero-order chi connectivity index (χ0) is 18.2. The summed E-state index contributed by atoms with van der Waals surface area (Å²) < 4.78 is 5.55. The highest BCUT2D eigenvalue weighted by Crippen LogP contribution is 2.23. The van der Waals surface area contributed by atoms with Gasteiger partial charge in [-0.05, 0) is 53.9 Å². The van der Waals surface area contributed by atoms with Gasteiger partial charge >= 0.3 is 0 Å². The van der Waals surface area contributed by atoms with E-state index >= 15 is 0 Å². The zero-order valence-corrected chi connectivity index (χ0v) is 15.7. The number of aryl methyl sites for hydroxylation is 1. The van der Waals surface area contributed by atoms with Gasteiger partial charge in [-0.2, -0.15) is 0 Å². The van der Waals surface area contributed by atoms with Crippen LogP contribution in [-0.2, 0) is 11.3 Å². The molecule has 0 bridgehead atoms. The van der Waals surface area contributed by atoms with E-state index in [0.29, 0.717) is 23.3 Å². The van der Waals surface area contributed by atoms with Gasteiger partial charge < -0.3 is 15.4 Å². The first-order valence-electron chi connectivity index (χ1n) is 8.30. The van der Waals surface area contributed by atoms with Crippen molar-refractivity contribution in [3.63, 3.8) is 0 Å². The summed E-state index contributed by atoms with van der Waals surface area (Å²) in [6.45, 7) is 6.84. The SMILES string of the molecule is Cc1cc(OCC(=O)NC(=S)NCc2ccccc2)ccc1C(C)C. The second kappa shape index (κ2) is 9.18. The van der Waals surface area contributed by atoms with E-state index in [1.165, 1.54) is 5.56 Å². The molecule has 0 spiro atoms. The van der Waals surface area contributed by atoms with Crippen LogP contribution in [0.2, 0.25) is 0 Å². The van der Waals surface area contributed by atoms with Gasteiger partial charge in [-0.15, -0.1) is 0 Å². The highest BCUT2D eigenvalue weighted by Gasteiger charge is 2.08. The normalized spacial score (nSPS) is 10.4. The third kappa shape index (κ3) is 6.19. The Bertz CT molecular complexity index is 730. The monoisotopic (exact) mass is 356 g/mol. The fraction of sp³-hybridized carbons (Fsp3) is 0.300. The van der Waals surface area contributed by atoms with Crippen LogP contribution in [0.5, 0.6) is 5.75 Å². The number of rotatable bonds is 6. The Hall–Kier alpha value is -2.40. The van der Waals surface area contributed by atoms with Gasteiger partial charge in [0.25, 0.3) is 5.91 Å². The van der Waals surface area contributed by atoms with Crippen molar-refractivity contribution < 1.29 is 9.53 Å². The molecule has 25 heavy (non-hydrogen) atoms. The lowest BCUT2D eigenvalue weighted by Gasteiger charge is -2.13. The summed E-state index contributed by atoms with van der Waals surface area (Å²) in [5, 5.41) is 5.92. The Morgan fingerprint density at radius 1 is 1.16 bits per heavy atom. The Morgan fingerprint density at radius 2 is 1.88 bits per heavy atom. The summed E-state index contributed by atoms with van der Waals surface area (Å²) >= 11 is 5.13. The number of carbonyl (C=O) groups is 1. The molecule has 0 aliphatic carbocycles. The van der Waals surface area contributed by atoms with Crippen molar-refractivity contribution in [3.05, 3.63) is 65.2 Å². The third-order valence-corrected chi connectivity index (χ3v) is 4.03. The van der Waals surface area contributed by atoms with Crippen LogP contribution in [0.3, 0.4) is 0 Å². The largest absolute Gasteiger partial charge is 0.484 e. The minimum absolute atomic E-state index is 0.0758. The number of amides is 1. The molecular formula is C20H24N2O2S. The van der Waals surface area contributed by atoms with E-state index in [1.807, 2.05) is 55.5 Å². The molecule has 2 rings (SSSR count). The Balaban J connectivity index is 1.76. The van der Waals surface area contributed by atoms with Gasteiger partial charge in [-0.1, -0.05) is 50.2 Å². The van der Waals surface area contributed by atoms with Crippen LogP contribution in [0, 0.1) is 6.92 Å². The summed E-state index contributed by atoms with van der Waals surface area (Å²) in [5.74, 6) is 0.863. The topological polar surface area (TPSA) is 50.4 Å². The van der Waals surface area contributed by atoms with Gasteiger partial charge in [0.05, 0.1) is 0 Å². The number of carbonyl (C=O) groups excluding carboxylic acids is 1. The molecular weight excluding hydrogens is 332 g/mol. The number of hydrogen-bond donors (Lipinski definition) is 2. The predicted octanol–water partition coefficient (Wildman–Crippen LogP) is 3.69. The van der Waals surface area contributed by atoms with Crippen LogP contribution in [0.25, 0.3) is 0 Å². The summed E-state index contributed by atoms with van der Waals surface area (Å²) in [7, 11) is 0. The highest BCUT2D eigenvalue weighted by atomic mass is 32.1. The van der Waals surface area contributed by atoms with Crippen LogP contribution in [0.15, 0.2) is 48.5 Å². The minimum atomic E-state index is -0.281. The molecule has 0 radical (unpaired) electrons. The maximum atomic E-state index is 11.9. The lowest BCUT2D eigenvalue weighted by molar-refractivity contribution is -0.121. The molecule has 0 aliphatic rings. The van der Waals surface area contributed by atoms with Crippen molar-refractivity contribution in [2.45, 2.75) is 33.2 Å². The van der Waals surface area contributed by atoms with Gasteiger partial charge in [0.2, 0.25) is 0 Å². The fourth-order valence-corrected chi connectivity index (χ4v) is 2.71. The summed E-state index contributed by atoms with van der Waals surface area (Å²) in [6.07, 6.45) is 0. The standard InChI is InChI=1S/C20H24N2O2S/c1-14(2)18-10-9-17(11-15(18)3)24-13-19(23)22-20(25)21-12-16-7-5-4-6-8-16/h4-11,14H,12-13H2,1-3H3,(H2,21,22,23,25). The molecule has 0 saturated heterocycles. The highest BCUT2D eigenvalue weighted by molar-refractivity contribution is 7.80. The fourth-order valence-electron chi connectivity index (χ4n) is 2.52. The molecule has 132 valence electrons.